The van der Waals surface area contributed by atoms with Crippen LogP contribution >= 0.6 is 0 Å². The molecular weight excluding hydrogens is 208 g/mol. The van der Waals surface area contributed by atoms with Crippen molar-refractivity contribution in [2.24, 2.45) is 0 Å². The first-order valence-electron chi connectivity index (χ1n) is 6.51. The lowest BCUT2D eigenvalue weighted by Gasteiger charge is -2.10. The fraction of sp³-hybridized carbons (Fsp3) is 0.400. The first-order valence-corrected chi connectivity index (χ1v) is 6.51. The van der Waals surface area contributed by atoms with Crippen LogP contribution in [0.15, 0.2) is 30.5 Å². The molecule has 1 saturated carbocycles. The second kappa shape index (κ2) is 4.36. The average molecular weight is 226 g/mol. The van der Waals surface area contributed by atoms with E-state index in [0.717, 1.165) is 24.7 Å². The molecule has 0 saturated heterocycles. The first kappa shape index (κ1) is 10.6. The van der Waals surface area contributed by atoms with Crippen LogP contribution in [-0.2, 0) is 0 Å². The predicted molar refractivity (Wildman–Crippen MR) is 72.5 cm³/mol. The van der Waals surface area contributed by atoms with E-state index in [4.69, 9.17) is 0 Å². The van der Waals surface area contributed by atoms with Crippen LogP contribution in [0.5, 0.6) is 0 Å². The van der Waals surface area contributed by atoms with Gasteiger partial charge in [-0.05, 0) is 42.2 Å². The highest BCUT2D eigenvalue weighted by atomic mass is 15.0. The maximum absolute atomic E-state index is 4.45. The molecule has 0 unspecified atom stereocenters. The lowest BCUT2D eigenvalue weighted by Crippen LogP contribution is -2.02. The second-order valence-electron chi connectivity index (χ2n) is 4.80. The molecule has 1 aliphatic rings. The summed E-state index contributed by atoms with van der Waals surface area (Å²) in [5.41, 5.74) is 1.50. The van der Waals surface area contributed by atoms with Crippen LogP contribution in [0.1, 0.15) is 37.7 Å². The SMILES string of the molecule is CCCNc1nccc2c(C3CC3)cccc12. The number of anilines is 1. The number of nitrogens with zero attached hydrogens (tertiary/aromatic N) is 1. The van der Waals surface area contributed by atoms with E-state index in [1.807, 2.05) is 6.20 Å². The van der Waals surface area contributed by atoms with Gasteiger partial charge in [-0.1, -0.05) is 25.1 Å². The van der Waals surface area contributed by atoms with E-state index in [-0.39, 0.29) is 0 Å². The fourth-order valence-corrected chi connectivity index (χ4v) is 2.37. The highest BCUT2D eigenvalue weighted by Crippen LogP contribution is 2.43. The van der Waals surface area contributed by atoms with Gasteiger partial charge in [0.25, 0.3) is 0 Å². The first-order chi connectivity index (χ1) is 8.40. The zero-order valence-electron chi connectivity index (χ0n) is 10.2. The third-order valence-electron chi connectivity index (χ3n) is 3.40. The Balaban J connectivity index is 2.08. The summed E-state index contributed by atoms with van der Waals surface area (Å²) in [6.45, 7) is 3.16. The van der Waals surface area contributed by atoms with Gasteiger partial charge in [0.15, 0.2) is 0 Å². The maximum Gasteiger partial charge on any atom is 0.133 e. The maximum atomic E-state index is 4.45. The number of hydrogen-bond donors (Lipinski definition) is 1. The number of nitrogens with one attached hydrogen (secondary N) is 1. The van der Waals surface area contributed by atoms with Gasteiger partial charge in [0.2, 0.25) is 0 Å². The Kier molecular flexibility index (Phi) is 2.71. The average Bonchev–Trinajstić information content (AvgIpc) is 3.20. The highest BCUT2D eigenvalue weighted by Gasteiger charge is 2.25. The number of fused-ring (bicyclic) bond motifs is 1. The Morgan fingerprint density at radius 1 is 1.24 bits per heavy atom. The molecule has 1 aliphatic carbocycles. The molecule has 3 rings (SSSR count). The quantitative estimate of drug-likeness (QED) is 0.854. The van der Waals surface area contributed by atoms with Crippen molar-refractivity contribution in [2.75, 3.05) is 11.9 Å². The summed E-state index contributed by atoms with van der Waals surface area (Å²) < 4.78 is 0. The summed E-state index contributed by atoms with van der Waals surface area (Å²) in [6.07, 6.45) is 5.74. The normalized spacial score (nSPS) is 15.1. The Morgan fingerprint density at radius 2 is 2.12 bits per heavy atom. The second-order valence-corrected chi connectivity index (χ2v) is 4.80. The van der Waals surface area contributed by atoms with Crippen LogP contribution in [0, 0.1) is 0 Å². The van der Waals surface area contributed by atoms with Crippen LogP contribution in [0.25, 0.3) is 10.8 Å². The zero-order chi connectivity index (χ0) is 11.7. The minimum atomic E-state index is 0.792. The van der Waals surface area contributed by atoms with E-state index in [9.17, 15) is 0 Å². The molecule has 0 atom stereocenters. The minimum Gasteiger partial charge on any atom is -0.370 e. The van der Waals surface area contributed by atoms with E-state index >= 15 is 0 Å². The summed E-state index contributed by atoms with van der Waals surface area (Å²) in [5, 5.41) is 6.06. The van der Waals surface area contributed by atoms with Crippen molar-refractivity contribution in [1.82, 2.24) is 4.98 Å². The molecule has 0 spiro atoms. The fourth-order valence-electron chi connectivity index (χ4n) is 2.37. The van der Waals surface area contributed by atoms with Crippen molar-refractivity contribution in [3.05, 3.63) is 36.0 Å². The van der Waals surface area contributed by atoms with Gasteiger partial charge in [-0.15, -0.1) is 0 Å². The van der Waals surface area contributed by atoms with Crippen molar-refractivity contribution in [1.29, 1.82) is 0 Å². The molecular formula is C15H18N2. The predicted octanol–water partition coefficient (Wildman–Crippen LogP) is 3.93. The summed E-state index contributed by atoms with van der Waals surface area (Å²) in [4.78, 5) is 4.45. The standard InChI is InChI=1S/C15H18N2/c1-2-9-16-15-14-5-3-4-12(11-6-7-11)13(14)8-10-17-15/h3-5,8,10-11H,2,6-7,9H2,1H3,(H,16,17). The third-order valence-corrected chi connectivity index (χ3v) is 3.40. The van der Waals surface area contributed by atoms with Crippen LogP contribution in [0.4, 0.5) is 5.82 Å². The van der Waals surface area contributed by atoms with Gasteiger partial charge in [-0.3, -0.25) is 0 Å². The molecule has 17 heavy (non-hydrogen) atoms. The van der Waals surface area contributed by atoms with Crippen molar-refractivity contribution >= 4 is 16.6 Å². The molecule has 0 radical (unpaired) electrons. The summed E-state index contributed by atoms with van der Waals surface area (Å²) in [7, 11) is 0. The van der Waals surface area contributed by atoms with E-state index in [1.165, 1.54) is 29.2 Å². The third kappa shape index (κ3) is 1.99. The van der Waals surface area contributed by atoms with Crippen LogP contribution in [0.2, 0.25) is 0 Å². The Bertz CT molecular complexity index is 529. The summed E-state index contributed by atoms with van der Waals surface area (Å²) >= 11 is 0. The van der Waals surface area contributed by atoms with Crippen LogP contribution in [0.3, 0.4) is 0 Å². The topological polar surface area (TPSA) is 24.9 Å². The van der Waals surface area contributed by atoms with Crippen LogP contribution in [-0.4, -0.2) is 11.5 Å². The number of pyridine rings is 1. The number of rotatable bonds is 4. The van der Waals surface area contributed by atoms with E-state index in [2.05, 4.69) is 41.5 Å². The number of aromatic nitrogens is 1. The van der Waals surface area contributed by atoms with E-state index < -0.39 is 0 Å². The molecule has 2 nitrogen and oxygen atoms in total. The van der Waals surface area contributed by atoms with Crippen molar-refractivity contribution in [2.45, 2.75) is 32.1 Å². The van der Waals surface area contributed by atoms with Gasteiger partial charge in [0.05, 0.1) is 0 Å². The van der Waals surface area contributed by atoms with Crippen LogP contribution < -0.4 is 5.32 Å². The monoisotopic (exact) mass is 226 g/mol. The van der Waals surface area contributed by atoms with E-state index in [1.54, 1.807) is 0 Å². The Morgan fingerprint density at radius 3 is 2.88 bits per heavy atom. The molecule has 0 aliphatic heterocycles. The molecule has 0 bridgehead atoms. The molecule has 2 heteroatoms. The number of hydrogen-bond acceptors (Lipinski definition) is 2. The highest BCUT2D eigenvalue weighted by molar-refractivity contribution is 5.94. The minimum absolute atomic E-state index is 0.792. The largest absolute Gasteiger partial charge is 0.370 e. The number of benzene rings is 1. The van der Waals surface area contributed by atoms with Gasteiger partial charge in [0, 0.05) is 18.1 Å². The molecule has 88 valence electrons. The van der Waals surface area contributed by atoms with E-state index in [0.29, 0.717) is 0 Å². The molecule has 1 aromatic heterocycles. The van der Waals surface area contributed by atoms with Gasteiger partial charge >= 0.3 is 0 Å². The van der Waals surface area contributed by atoms with Gasteiger partial charge in [-0.25, -0.2) is 4.98 Å². The molecule has 2 aromatic rings. The lowest BCUT2D eigenvalue weighted by molar-refractivity contribution is 0.972. The smallest absolute Gasteiger partial charge is 0.133 e. The zero-order valence-corrected chi connectivity index (χ0v) is 10.2. The lowest BCUT2D eigenvalue weighted by atomic mass is 10.0. The molecule has 1 aromatic carbocycles. The van der Waals surface area contributed by atoms with Crippen molar-refractivity contribution < 1.29 is 0 Å². The summed E-state index contributed by atoms with van der Waals surface area (Å²) in [5.74, 6) is 1.83. The molecule has 0 amide bonds. The summed E-state index contributed by atoms with van der Waals surface area (Å²) in [6, 6.07) is 8.75. The molecule has 1 N–H and O–H groups in total. The Hall–Kier alpha value is -1.57. The van der Waals surface area contributed by atoms with Crippen molar-refractivity contribution in [3.8, 4) is 0 Å². The van der Waals surface area contributed by atoms with Gasteiger partial charge in [-0.2, -0.15) is 0 Å². The Labute approximate surface area is 102 Å². The van der Waals surface area contributed by atoms with Crippen molar-refractivity contribution in [3.63, 3.8) is 0 Å². The molecule has 1 fully saturated rings. The van der Waals surface area contributed by atoms with Gasteiger partial charge < -0.3 is 5.32 Å². The van der Waals surface area contributed by atoms with Gasteiger partial charge in [0.1, 0.15) is 5.82 Å². The molecule has 1 heterocycles.